The summed E-state index contributed by atoms with van der Waals surface area (Å²) >= 11 is 0. The number of hydrogen-bond acceptors (Lipinski definition) is 4. The first kappa shape index (κ1) is 19.3. The van der Waals surface area contributed by atoms with Crippen molar-refractivity contribution in [2.24, 2.45) is 5.92 Å². The summed E-state index contributed by atoms with van der Waals surface area (Å²) in [6.45, 7) is 2.18. The Balaban J connectivity index is 1.64. The third kappa shape index (κ3) is 2.62. The van der Waals surface area contributed by atoms with Gasteiger partial charge in [-0.3, -0.25) is 0 Å². The third-order valence-electron chi connectivity index (χ3n) is 7.28. The molecule has 6 rings (SSSR count). The van der Waals surface area contributed by atoms with Crippen LogP contribution in [0.4, 0.5) is 8.78 Å². The van der Waals surface area contributed by atoms with Gasteiger partial charge in [-0.25, -0.2) is 18.7 Å². The Labute approximate surface area is 184 Å². The molecule has 0 aliphatic heterocycles. The topological polar surface area (TPSA) is 51.8 Å². The lowest BCUT2D eigenvalue weighted by molar-refractivity contribution is 0.189. The molecule has 160 valence electrons. The molecule has 0 saturated heterocycles. The molecular formula is C26H21F2N3O. The molecule has 4 nitrogen and oxygen atoms in total. The summed E-state index contributed by atoms with van der Waals surface area (Å²) in [6.07, 6.45) is 5.97. The highest BCUT2D eigenvalue weighted by molar-refractivity contribution is 5.59. The Morgan fingerprint density at radius 2 is 1.75 bits per heavy atom. The summed E-state index contributed by atoms with van der Waals surface area (Å²) in [4.78, 5) is 9.27. The van der Waals surface area contributed by atoms with Crippen molar-refractivity contribution in [3.63, 3.8) is 0 Å². The minimum absolute atomic E-state index is 0.0825. The summed E-state index contributed by atoms with van der Waals surface area (Å²) in [5.74, 6) is 0.0385. The van der Waals surface area contributed by atoms with E-state index in [4.69, 9.17) is 9.51 Å². The second-order valence-corrected chi connectivity index (χ2v) is 8.83. The predicted octanol–water partition coefficient (Wildman–Crippen LogP) is 5.62. The van der Waals surface area contributed by atoms with E-state index >= 15 is 0 Å². The quantitative estimate of drug-likeness (QED) is 0.415. The van der Waals surface area contributed by atoms with Gasteiger partial charge in [-0.05, 0) is 48.4 Å². The number of halogens is 2. The average molecular weight is 429 g/mol. The molecule has 2 aliphatic carbocycles. The molecule has 6 heteroatoms. The van der Waals surface area contributed by atoms with Gasteiger partial charge in [-0.2, -0.15) is 0 Å². The zero-order valence-electron chi connectivity index (χ0n) is 17.6. The fraction of sp³-hybridized carbons (Fsp3) is 0.269. The number of rotatable bonds is 2. The van der Waals surface area contributed by atoms with Crippen molar-refractivity contribution in [3.8, 4) is 11.4 Å². The largest absolute Gasteiger partial charge is 0.361 e. The van der Waals surface area contributed by atoms with Crippen molar-refractivity contribution >= 4 is 0 Å². The molecule has 0 N–H and O–H groups in total. The molecule has 0 unspecified atom stereocenters. The number of fused-ring (bicyclic) bond motifs is 4. The first-order valence-electron chi connectivity index (χ1n) is 10.9. The molecule has 2 aromatic carbocycles. The van der Waals surface area contributed by atoms with Gasteiger partial charge in [-0.15, -0.1) is 0 Å². The zero-order chi connectivity index (χ0) is 21.9. The minimum Gasteiger partial charge on any atom is -0.361 e. The Hall–Kier alpha value is -3.41. The second-order valence-electron chi connectivity index (χ2n) is 8.83. The van der Waals surface area contributed by atoms with Crippen LogP contribution in [-0.4, -0.2) is 15.1 Å². The molecule has 0 saturated carbocycles. The van der Waals surface area contributed by atoms with Gasteiger partial charge in [0.25, 0.3) is 0 Å². The monoisotopic (exact) mass is 429 g/mol. The number of nitrogens with zero attached hydrogens (tertiary/aromatic N) is 3. The Morgan fingerprint density at radius 1 is 0.969 bits per heavy atom. The molecule has 0 amide bonds. The maximum Gasteiger partial charge on any atom is 0.165 e. The van der Waals surface area contributed by atoms with Crippen LogP contribution >= 0.6 is 0 Å². The van der Waals surface area contributed by atoms with E-state index in [1.807, 2.05) is 18.2 Å². The standard InChI is InChI=1S/C26H21F2N3O/c1-15-19-11-10-16-13-29-25(22-20(27)8-5-9-21(22)28)31-24(16)26(19,18-6-3-2-4-7-18)12-17-14-30-32-23(15)17/h2-9,13-15,19H,10-12H2,1H3/t15-,19-,26+/m0/s1. The zero-order valence-corrected chi connectivity index (χ0v) is 17.6. The summed E-state index contributed by atoms with van der Waals surface area (Å²) in [5.41, 5.74) is 3.44. The van der Waals surface area contributed by atoms with E-state index in [2.05, 4.69) is 29.2 Å². The highest BCUT2D eigenvalue weighted by Gasteiger charge is 2.53. The van der Waals surface area contributed by atoms with Crippen molar-refractivity contribution in [1.82, 2.24) is 15.1 Å². The molecule has 0 radical (unpaired) electrons. The molecule has 2 aromatic heterocycles. The fourth-order valence-electron chi connectivity index (χ4n) is 5.88. The maximum absolute atomic E-state index is 14.6. The predicted molar refractivity (Wildman–Crippen MR) is 115 cm³/mol. The third-order valence-corrected chi connectivity index (χ3v) is 7.28. The van der Waals surface area contributed by atoms with Crippen molar-refractivity contribution in [3.05, 3.63) is 101 Å². The highest BCUT2D eigenvalue weighted by Crippen LogP contribution is 2.56. The lowest BCUT2D eigenvalue weighted by Gasteiger charge is -2.49. The lowest BCUT2D eigenvalue weighted by atomic mass is 9.53. The smallest absolute Gasteiger partial charge is 0.165 e. The van der Waals surface area contributed by atoms with Crippen LogP contribution in [0.3, 0.4) is 0 Å². The summed E-state index contributed by atoms with van der Waals surface area (Å²) in [7, 11) is 0. The Kier molecular flexibility index (Phi) is 4.25. The highest BCUT2D eigenvalue weighted by atomic mass is 19.1. The van der Waals surface area contributed by atoms with Gasteiger partial charge in [0.1, 0.15) is 17.4 Å². The van der Waals surface area contributed by atoms with E-state index < -0.39 is 17.0 Å². The number of hydrogen-bond donors (Lipinski definition) is 0. The lowest BCUT2D eigenvalue weighted by Crippen LogP contribution is -2.48. The second kappa shape index (κ2) is 7.05. The van der Waals surface area contributed by atoms with Gasteiger partial charge < -0.3 is 4.52 Å². The van der Waals surface area contributed by atoms with Gasteiger partial charge in [0.15, 0.2) is 5.82 Å². The van der Waals surface area contributed by atoms with E-state index in [9.17, 15) is 8.78 Å². The van der Waals surface area contributed by atoms with Crippen molar-refractivity contribution in [1.29, 1.82) is 0 Å². The van der Waals surface area contributed by atoms with Crippen LogP contribution in [-0.2, 0) is 18.3 Å². The number of aryl methyl sites for hydroxylation is 1. The first-order valence-corrected chi connectivity index (χ1v) is 10.9. The summed E-state index contributed by atoms with van der Waals surface area (Å²) in [6, 6.07) is 14.1. The molecule has 0 fully saturated rings. The van der Waals surface area contributed by atoms with Crippen molar-refractivity contribution < 1.29 is 13.3 Å². The Bertz CT molecular complexity index is 1300. The van der Waals surface area contributed by atoms with Crippen LogP contribution in [0, 0.1) is 17.6 Å². The van der Waals surface area contributed by atoms with Gasteiger partial charge in [0.05, 0.1) is 17.5 Å². The van der Waals surface area contributed by atoms with Gasteiger partial charge in [0, 0.05) is 23.1 Å². The molecule has 0 bridgehead atoms. The number of aromatic nitrogens is 3. The maximum atomic E-state index is 14.6. The molecule has 2 aliphatic rings. The van der Waals surface area contributed by atoms with Crippen LogP contribution in [0.1, 0.15) is 47.4 Å². The van der Waals surface area contributed by atoms with Crippen molar-refractivity contribution in [2.75, 3.05) is 0 Å². The van der Waals surface area contributed by atoms with E-state index in [-0.39, 0.29) is 23.2 Å². The van der Waals surface area contributed by atoms with E-state index in [1.54, 1.807) is 12.4 Å². The van der Waals surface area contributed by atoms with Crippen LogP contribution < -0.4 is 0 Å². The molecule has 0 spiro atoms. The molecule has 2 heterocycles. The molecule has 3 atom stereocenters. The van der Waals surface area contributed by atoms with Crippen LogP contribution in [0.2, 0.25) is 0 Å². The van der Waals surface area contributed by atoms with E-state index in [1.165, 1.54) is 18.2 Å². The average Bonchev–Trinajstić information content (AvgIpc) is 3.28. The first-order chi connectivity index (χ1) is 15.6. The van der Waals surface area contributed by atoms with Crippen LogP contribution in [0.5, 0.6) is 0 Å². The SMILES string of the molecule is C[C@@H]1c2oncc2C[C@]2(c3ccccc3)c3nc(-c4c(F)cccc4F)ncc3CC[C@@H]12. The molecule has 32 heavy (non-hydrogen) atoms. The Morgan fingerprint density at radius 3 is 2.53 bits per heavy atom. The van der Waals surface area contributed by atoms with Gasteiger partial charge >= 0.3 is 0 Å². The van der Waals surface area contributed by atoms with E-state index in [0.717, 1.165) is 41.0 Å². The fourth-order valence-corrected chi connectivity index (χ4v) is 5.88. The minimum atomic E-state index is -0.663. The summed E-state index contributed by atoms with van der Waals surface area (Å²) < 4.78 is 34.8. The van der Waals surface area contributed by atoms with Crippen LogP contribution in [0.15, 0.2) is 65.4 Å². The summed E-state index contributed by atoms with van der Waals surface area (Å²) in [5, 5.41) is 4.07. The van der Waals surface area contributed by atoms with Crippen LogP contribution in [0.25, 0.3) is 11.4 Å². The van der Waals surface area contributed by atoms with Gasteiger partial charge in [-0.1, -0.05) is 48.5 Å². The van der Waals surface area contributed by atoms with Gasteiger partial charge in [0.2, 0.25) is 0 Å². The molecular weight excluding hydrogens is 408 g/mol. The normalized spacial score (nSPS) is 23.8. The van der Waals surface area contributed by atoms with E-state index in [0.29, 0.717) is 6.42 Å². The van der Waals surface area contributed by atoms with Crippen molar-refractivity contribution in [2.45, 2.75) is 37.5 Å². The molecule has 4 aromatic rings. The number of benzene rings is 2.